The molecule has 0 fully saturated rings. The largest absolute Gasteiger partial charge is 0.495 e. The van der Waals surface area contributed by atoms with Crippen LogP contribution in [0, 0.1) is 0 Å². The molecule has 1 aromatic heterocycles. The van der Waals surface area contributed by atoms with Crippen LogP contribution in [0.4, 0.5) is 11.5 Å². The smallest absolute Gasteiger partial charge is 0.354 e. The van der Waals surface area contributed by atoms with Gasteiger partial charge in [0.05, 0.1) is 12.8 Å². The van der Waals surface area contributed by atoms with Crippen molar-refractivity contribution in [2.75, 3.05) is 12.4 Å². The van der Waals surface area contributed by atoms with Crippen molar-refractivity contribution in [3.05, 3.63) is 42.4 Å². The molecule has 0 saturated heterocycles. The van der Waals surface area contributed by atoms with Crippen molar-refractivity contribution in [1.82, 2.24) is 9.97 Å². The molecular weight excluding hydrogens is 234 g/mol. The van der Waals surface area contributed by atoms with E-state index >= 15 is 0 Å². The highest BCUT2D eigenvalue weighted by molar-refractivity contribution is 5.86. The van der Waals surface area contributed by atoms with Crippen LogP contribution in [-0.4, -0.2) is 28.2 Å². The highest BCUT2D eigenvalue weighted by atomic mass is 16.5. The Kier molecular flexibility index (Phi) is 3.38. The fourth-order valence-corrected chi connectivity index (χ4v) is 1.43. The summed E-state index contributed by atoms with van der Waals surface area (Å²) < 4.78 is 5.17. The summed E-state index contributed by atoms with van der Waals surface area (Å²) in [7, 11) is 1.56. The molecule has 0 aliphatic heterocycles. The topological polar surface area (TPSA) is 84.3 Å². The van der Waals surface area contributed by atoms with Crippen LogP contribution in [0.25, 0.3) is 0 Å². The molecule has 6 heteroatoms. The van der Waals surface area contributed by atoms with Crippen LogP contribution in [-0.2, 0) is 0 Å². The lowest BCUT2D eigenvalue weighted by Gasteiger charge is -2.09. The predicted molar refractivity (Wildman–Crippen MR) is 65.3 cm³/mol. The van der Waals surface area contributed by atoms with Gasteiger partial charge < -0.3 is 15.2 Å². The first-order valence-corrected chi connectivity index (χ1v) is 5.16. The number of ether oxygens (including phenoxy) is 1. The zero-order chi connectivity index (χ0) is 13.0. The van der Waals surface area contributed by atoms with E-state index in [0.29, 0.717) is 17.3 Å². The third kappa shape index (κ3) is 2.54. The quantitative estimate of drug-likeness (QED) is 0.856. The average Bonchev–Trinajstić information content (AvgIpc) is 2.39. The van der Waals surface area contributed by atoms with Crippen molar-refractivity contribution in [2.45, 2.75) is 0 Å². The number of nitrogens with one attached hydrogen (secondary N) is 1. The van der Waals surface area contributed by atoms with Crippen molar-refractivity contribution in [3.63, 3.8) is 0 Å². The van der Waals surface area contributed by atoms with Gasteiger partial charge in [-0.3, -0.25) is 0 Å². The van der Waals surface area contributed by atoms with E-state index in [2.05, 4.69) is 15.3 Å². The second-order valence-corrected chi connectivity index (χ2v) is 3.42. The number of carboxylic acid groups (broad SMARTS) is 1. The Morgan fingerprint density at radius 2 is 2.11 bits per heavy atom. The van der Waals surface area contributed by atoms with Crippen LogP contribution >= 0.6 is 0 Å². The van der Waals surface area contributed by atoms with Crippen LogP contribution in [0.15, 0.2) is 36.7 Å². The summed E-state index contributed by atoms with van der Waals surface area (Å²) in [4.78, 5) is 18.4. The van der Waals surface area contributed by atoms with Crippen molar-refractivity contribution in [3.8, 4) is 5.75 Å². The number of rotatable bonds is 4. The van der Waals surface area contributed by atoms with Crippen LogP contribution in [0.1, 0.15) is 10.5 Å². The molecule has 2 N–H and O–H groups in total. The molecule has 0 atom stereocenters. The first kappa shape index (κ1) is 11.8. The molecule has 0 bridgehead atoms. The molecule has 0 aliphatic rings. The number of para-hydroxylation sites is 2. The molecule has 2 rings (SSSR count). The number of benzene rings is 1. The molecule has 0 amide bonds. The van der Waals surface area contributed by atoms with Gasteiger partial charge >= 0.3 is 5.97 Å². The number of carbonyl (C=O) groups is 1. The van der Waals surface area contributed by atoms with E-state index in [1.165, 1.54) is 12.4 Å². The van der Waals surface area contributed by atoms with E-state index in [9.17, 15) is 4.79 Å². The fourth-order valence-electron chi connectivity index (χ4n) is 1.43. The van der Waals surface area contributed by atoms with E-state index in [1.807, 2.05) is 12.1 Å². The molecule has 0 saturated carbocycles. The SMILES string of the molecule is COc1ccccc1Nc1cc(C(=O)O)ncn1. The Bertz CT molecular complexity index is 572. The van der Waals surface area contributed by atoms with Crippen molar-refractivity contribution < 1.29 is 14.6 Å². The summed E-state index contributed by atoms with van der Waals surface area (Å²) in [6.45, 7) is 0. The number of hydrogen-bond donors (Lipinski definition) is 2. The van der Waals surface area contributed by atoms with Crippen LogP contribution < -0.4 is 10.1 Å². The van der Waals surface area contributed by atoms with Gasteiger partial charge in [0.15, 0.2) is 5.69 Å². The Hall–Kier alpha value is -2.63. The van der Waals surface area contributed by atoms with Gasteiger partial charge in [-0.1, -0.05) is 12.1 Å². The standard InChI is InChI=1S/C12H11N3O3/c1-18-10-5-3-2-4-8(10)15-11-6-9(12(16)17)13-7-14-11/h2-7H,1H3,(H,16,17)(H,13,14,15). The minimum absolute atomic E-state index is 0.0672. The lowest BCUT2D eigenvalue weighted by Crippen LogP contribution is -2.03. The van der Waals surface area contributed by atoms with Crippen LogP contribution in [0.5, 0.6) is 5.75 Å². The third-order valence-electron chi connectivity index (χ3n) is 2.26. The summed E-state index contributed by atoms with van der Waals surface area (Å²) in [6.07, 6.45) is 1.20. The van der Waals surface area contributed by atoms with Gasteiger partial charge in [-0.25, -0.2) is 14.8 Å². The average molecular weight is 245 g/mol. The lowest BCUT2D eigenvalue weighted by atomic mass is 10.3. The van der Waals surface area contributed by atoms with E-state index in [1.54, 1.807) is 19.2 Å². The molecule has 1 aromatic carbocycles. The van der Waals surface area contributed by atoms with Crippen molar-refractivity contribution in [1.29, 1.82) is 0 Å². The van der Waals surface area contributed by atoms with E-state index in [4.69, 9.17) is 9.84 Å². The van der Waals surface area contributed by atoms with E-state index < -0.39 is 5.97 Å². The third-order valence-corrected chi connectivity index (χ3v) is 2.26. The molecule has 1 heterocycles. The maximum absolute atomic E-state index is 10.8. The minimum Gasteiger partial charge on any atom is -0.495 e. The summed E-state index contributed by atoms with van der Waals surface area (Å²) in [5, 5.41) is 11.8. The number of hydrogen-bond acceptors (Lipinski definition) is 5. The second-order valence-electron chi connectivity index (χ2n) is 3.42. The summed E-state index contributed by atoms with van der Waals surface area (Å²) in [5.41, 5.74) is 0.637. The van der Waals surface area contributed by atoms with E-state index in [-0.39, 0.29) is 5.69 Å². The van der Waals surface area contributed by atoms with E-state index in [0.717, 1.165) is 0 Å². The number of methoxy groups -OCH3 is 1. The van der Waals surface area contributed by atoms with Crippen molar-refractivity contribution >= 4 is 17.5 Å². The number of aromatic carboxylic acids is 1. The molecule has 92 valence electrons. The predicted octanol–water partition coefficient (Wildman–Crippen LogP) is 1.93. The second kappa shape index (κ2) is 5.13. The lowest BCUT2D eigenvalue weighted by molar-refractivity contribution is 0.0690. The molecule has 2 aromatic rings. The molecule has 0 aliphatic carbocycles. The molecule has 0 radical (unpaired) electrons. The van der Waals surface area contributed by atoms with Gasteiger partial charge in [0.1, 0.15) is 17.9 Å². The Balaban J connectivity index is 2.28. The van der Waals surface area contributed by atoms with Gasteiger partial charge in [0, 0.05) is 6.07 Å². The number of nitrogens with zero attached hydrogens (tertiary/aromatic N) is 2. The number of aromatic nitrogens is 2. The molecule has 18 heavy (non-hydrogen) atoms. The van der Waals surface area contributed by atoms with Gasteiger partial charge in [-0.05, 0) is 12.1 Å². The van der Waals surface area contributed by atoms with Gasteiger partial charge in [0.25, 0.3) is 0 Å². The molecule has 6 nitrogen and oxygen atoms in total. The maximum atomic E-state index is 10.8. The number of anilines is 2. The van der Waals surface area contributed by atoms with Crippen LogP contribution in [0.2, 0.25) is 0 Å². The Morgan fingerprint density at radius 1 is 1.33 bits per heavy atom. The first-order valence-electron chi connectivity index (χ1n) is 5.16. The van der Waals surface area contributed by atoms with Crippen LogP contribution in [0.3, 0.4) is 0 Å². The zero-order valence-corrected chi connectivity index (χ0v) is 9.62. The highest BCUT2D eigenvalue weighted by Crippen LogP contribution is 2.25. The first-order chi connectivity index (χ1) is 8.70. The maximum Gasteiger partial charge on any atom is 0.354 e. The van der Waals surface area contributed by atoms with Gasteiger partial charge in [-0.2, -0.15) is 0 Å². The number of carboxylic acids is 1. The minimum atomic E-state index is -1.10. The normalized spacial score (nSPS) is 9.83. The van der Waals surface area contributed by atoms with Gasteiger partial charge in [0.2, 0.25) is 0 Å². The zero-order valence-electron chi connectivity index (χ0n) is 9.62. The Labute approximate surface area is 103 Å². The molecule has 0 spiro atoms. The van der Waals surface area contributed by atoms with Gasteiger partial charge in [-0.15, -0.1) is 0 Å². The Morgan fingerprint density at radius 3 is 2.83 bits per heavy atom. The monoisotopic (exact) mass is 245 g/mol. The molecular formula is C12H11N3O3. The summed E-state index contributed by atoms with van der Waals surface area (Å²) in [5.74, 6) is -0.0552. The highest BCUT2D eigenvalue weighted by Gasteiger charge is 2.07. The van der Waals surface area contributed by atoms with Crippen molar-refractivity contribution in [2.24, 2.45) is 0 Å². The summed E-state index contributed by atoms with van der Waals surface area (Å²) in [6, 6.07) is 8.63. The summed E-state index contributed by atoms with van der Waals surface area (Å²) >= 11 is 0. The fraction of sp³-hybridized carbons (Fsp3) is 0.0833. The molecule has 0 unspecified atom stereocenters.